The number of anilines is 1. The molecule has 6 nitrogen and oxygen atoms in total. The molecule has 7 heteroatoms. The Bertz CT molecular complexity index is 850. The summed E-state index contributed by atoms with van der Waals surface area (Å²) in [6, 6.07) is 15.2. The van der Waals surface area contributed by atoms with Gasteiger partial charge in [0.05, 0.1) is 18.7 Å². The number of carbonyl (C=O) groups excluding carboxylic acids is 2. The van der Waals surface area contributed by atoms with Crippen LogP contribution in [0.2, 0.25) is 0 Å². The van der Waals surface area contributed by atoms with Gasteiger partial charge < -0.3 is 9.64 Å². The summed E-state index contributed by atoms with van der Waals surface area (Å²) >= 11 is 1.67. The van der Waals surface area contributed by atoms with Crippen molar-refractivity contribution in [1.82, 2.24) is 5.43 Å². The Labute approximate surface area is 169 Å². The van der Waals surface area contributed by atoms with Crippen molar-refractivity contribution in [2.45, 2.75) is 18.2 Å². The Kier molecular flexibility index (Phi) is 6.71. The summed E-state index contributed by atoms with van der Waals surface area (Å²) in [5.41, 5.74) is 4.21. The van der Waals surface area contributed by atoms with Gasteiger partial charge in [0, 0.05) is 23.5 Å². The molecule has 1 fully saturated rings. The van der Waals surface area contributed by atoms with E-state index in [9.17, 15) is 9.59 Å². The molecule has 3 rings (SSSR count). The van der Waals surface area contributed by atoms with Crippen LogP contribution in [0.25, 0.3) is 0 Å². The topological polar surface area (TPSA) is 71.0 Å². The third kappa shape index (κ3) is 4.92. The second-order valence-corrected chi connectivity index (χ2v) is 7.22. The Morgan fingerprint density at radius 1 is 1.25 bits per heavy atom. The predicted molar refractivity (Wildman–Crippen MR) is 112 cm³/mol. The van der Waals surface area contributed by atoms with Crippen molar-refractivity contribution in [3.63, 3.8) is 0 Å². The number of ether oxygens (including phenoxy) is 1. The van der Waals surface area contributed by atoms with E-state index in [0.29, 0.717) is 13.2 Å². The quantitative estimate of drug-likeness (QED) is 0.442. The molecule has 1 heterocycles. The number of benzene rings is 2. The molecule has 0 aromatic heterocycles. The summed E-state index contributed by atoms with van der Waals surface area (Å²) < 4.78 is 5.42. The molecule has 0 spiro atoms. The molecule has 28 heavy (non-hydrogen) atoms. The summed E-state index contributed by atoms with van der Waals surface area (Å²) in [6.07, 6.45) is 3.79. The van der Waals surface area contributed by atoms with Gasteiger partial charge in [0.25, 0.3) is 0 Å². The highest BCUT2D eigenvalue weighted by molar-refractivity contribution is 7.98. The summed E-state index contributed by atoms with van der Waals surface area (Å²) in [5, 5.41) is 4.02. The Morgan fingerprint density at radius 3 is 2.61 bits per heavy atom. The lowest BCUT2D eigenvalue weighted by molar-refractivity contribution is -0.126. The maximum absolute atomic E-state index is 12.4. The van der Waals surface area contributed by atoms with Gasteiger partial charge in [-0.15, -0.1) is 11.8 Å². The zero-order valence-electron chi connectivity index (χ0n) is 15.9. The lowest BCUT2D eigenvalue weighted by Crippen LogP contribution is -2.30. The van der Waals surface area contributed by atoms with E-state index < -0.39 is 5.92 Å². The Morgan fingerprint density at radius 2 is 1.96 bits per heavy atom. The second kappa shape index (κ2) is 9.41. The highest BCUT2D eigenvalue weighted by atomic mass is 32.2. The highest BCUT2D eigenvalue weighted by Gasteiger charge is 2.35. The predicted octanol–water partition coefficient (Wildman–Crippen LogP) is 3.31. The zero-order valence-corrected chi connectivity index (χ0v) is 16.7. The van der Waals surface area contributed by atoms with E-state index in [1.54, 1.807) is 22.9 Å². The fourth-order valence-electron chi connectivity index (χ4n) is 2.97. The van der Waals surface area contributed by atoms with Gasteiger partial charge >= 0.3 is 0 Å². The van der Waals surface area contributed by atoms with Crippen molar-refractivity contribution >= 4 is 35.5 Å². The molecular weight excluding hydrogens is 374 g/mol. The van der Waals surface area contributed by atoms with Crippen LogP contribution >= 0.6 is 11.8 Å². The van der Waals surface area contributed by atoms with Crippen molar-refractivity contribution in [2.24, 2.45) is 11.0 Å². The van der Waals surface area contributed by atoms with Crippen molar-refractivity contribution in [2.75, 3.05) is 24.3 Å². The van der Waals surface area contributed by atoms with E-state index in [1.807, 2.05) is 61.7 Å². The molecule has 2 aromatic rings. The van der Waals surface area contributed by atoms with Crippen molar-refractivity contribution in [3.8, 4) is 5.75 Å². The van der Waals surface area contributed by atoms with Crippen LogP contribution in [0.5, 0.6) is 5.75 Å². The average Bonchev–Trinajstić information content (AvgIpc) is 3.11. The van der Waals surface area contributed by atoms with Crippen molar-refractivity contribution in [3.05, 3.63) is 54.1 Å². The first-order chi connectivity index (χ1) is 13.6. The van der Waals surface area contributed by atoms with Gasteiger partial charge in [-0.3, -0.25) is 9.59 Å². The number of hydrazone groups is 1. The third-order valence-electron chi connectivity index (χ3n) is 4.46. The summed E-state index contributed by atoms with van der Waals surface area (Å²) in [7, 11) is 0. The minimum absolute atomic E-state index is 0.0686. The number of thioether (sulfide) groups is 1. The van der Waals surface area contributed by atoms with Gasteiger partial charge in [-0.05, 0) is 55.1 Å². The SMILES string of the molecule is CCOc1ccc(N2C[C@@H](C(=O)N/N=C\c3ccc(SC)cc3)CC2=O)cc1. The van der Waals surface area contributed by atoms with Gasteiger partial charge in [-0.2, -0.15) is 5.10 Å². The summed E-state index contributed by atoms with van der Waals surface area (Å²) in [6.45, 7) is 2.85. The molecular formula is C21H23N3O3S. The van der Waals surface area contributed by atoms with Crippen LogP contribution in [0.3, 0.4) is 0 Å². The van der Waals surface area contributed by atoms with E-state index >= 15 is 0 Å². The molecule has 2 aromatic carbocycles. The van der Waals surface area contributed by atoms with Crippen molar-refractivity contribution in [1.29, 1.82) is 0 Å². The minimum Gasteiger partial charge on any atom is -0.494 e. The minimum atomic E-state index is -0.421. The second-order valence-electron chi connectivity index (χ2n) is 6.34. The number of carbonyl (C=O) groups is 2. The van der Waals surface area contributed by atoms with Gasteiger partial charge in [-0.25, -0.2) is 5.43 Å². The molecule has 0 unspecified atom stereocenters. The zero-order chi connectivity index (χ0) is 19.9. The number of hydrogen-bond donors (Lipinski definition) is 1. The fraction of sp³-hybridized carbons (Fsp3) is 0.286. The van der Waals surface area contributed by atoms with Crippen molar-refractivity contribution < 1.29 is 14.3 Å². The molecule has 0 aliphatic carbocycles. The van der Waals surface area contributed by atoms with E-state index in [4.69, 9.17) is 4.74 Å². The Balaban J connectivity index is 1.56. The molecule has 1 N–H and O–H groups in total. The molecule has 1 saturated heterocycles. The lowest BCUT2D eigenvalue weighted by Gasteiger charge is -2.17. The largest absolute Gasteiger partial charge is 0.494 e. The van der Waals surface area contributed by atoms with E-state index in [1.165, 1.54) is 4.90 Å². The molecule has 146 valence electrons. The number of nitrogens with zero attached hydrogens (tertiary/aromatic N) is 2. The summed E-state index contributed by atoms with van der Waals surface area (Å²) in [4.78, 5) is 27.5. The number of hydrogen-bond acceptors (Lipinski definition) is 5. The van der Waals surface area contributed by atoms with Crippen LogP contribution in [-0.4, -0.2) is 37.4 Å². The smallest absolute Gasteiger partial charge is 0.245 e. The molecule has 0 radical (unpaired) electrons. The molecule has 1 aliphatic rings. The number of amides is 2. The van der Waals surface area contributed by atoms with Crippen LogP contribution in [0.4, 0.5) is 5.69 Å². The molecule has 0 bridgehead atoms. The summed E-state index contributed by atoms with van der Waals surface area (Å²) in [5.74, 6) is 0.0156. The van der Waals surface area contributed by atoms with Gasteiger partial charge in [0.15, 0.2) is 0 Å². The molecule has 1 aliphatic heterocycles. The molecule has 1 atom stereocenters. The van der Waals surface area contributed by atoms with Crippen LogP contribution in [-0.2, 0) is 9.59 Å². The standard InChI is InChI=1S/C21H23N3O3S/c1-3-27-18-8-6-17(7-9-18)24-14-16(12-20(24)25)21(26)23-22-13-15-4-10-19(28-2)11-5-15/h4-11,13,16H,3,12,14H2,1-2H3,(H,23,26)/b22-13-/t16-/m0/s1. The average molecular weight is 398 g/mol. The normalized spacial score (nSPS) is 16.6. The van der Waals surface area contributed by atoms with Gasteiger partial charge in [-0.1, -0.05) is 12.1 Å². The van der Waals surface area contributed by atoms with E-state index in [0.717, 1.165) is 17.0 Å². The maximum Gasteiger partial charge on any atom is 0.245 e. The maximum atomic E-state index is 12.4. The van der Waals surface area contributed by atoms with Crippen LogP contribution in [0.15, 0.2) is 58.5 Å². The monoisotopic (exact) mass is 397 g/mol. The highest BCUT2D eigenvalue weighted by Crippen LogP contribution is 2.27. The number of rotatable bonds is 7. The lowest BCUT2D eigenvalue weighted by atomic mass is 10.1. The molecule has 2 amide bonds. The first kappa shape index (κ1) is 19.9. The van der Waals surface area contributed by atoms with Gasteiger partial charge in [0.2, 0.25) is 11.8 Å². The Hall–Kier alpha value is -2.80. The van der Waals surface area contributed by atoms with Crippen LogP contribution in [0, 0.1) is 5.92 Å². The van der Waals surface area contributed by atoms with E-state index in [-0.39, 0.29) is 18.2 Å². The van der Waals surface area contributed by atoms with E-state index in [2.05, 4.69) is 10.5 Å². The van der Waals surface area contributed by atoms with Crippen LogP contribution in [0.1, 0.15) is 18.9 Å². The first-order valence-electron chi connectivity index (χ1n) is 9.11. The first-order valence-corrected chi connectivity index (χ1v) is 10.3. The molecule has 0 saturated carbocycles. The fourth-order valence-corrected chi connectivity index (χ4v) is 3.38. The van der Waals surface area contributed by atoms with Gasteiger partial charge in [0.1, 0.15) is 5.75 Å². The third-order valence-corrected chi connectivity index (χ3v) is 5.20. The van der Waals surface area contributed by atoms with Crippen LogP contribution < -0.4 is 15.1 Å². The number of nitrogens with one attached hydrogen (secondary N) is 1.